The first-order valence-corrected chi connectivity index (χ1v) is 6.30. The summed E-state index contributed by atoms with van der Waals surface area (Å²) in [6, 6.07) is 5.10. The average Bonchev–Trinajstić information content (AvgIpc) is 2.37. The van der Waals surface area contributed by atoms with Gasteiger partial charge in [-0.15, -0.1) is 13.2 Å². The molecule has 0 aromatic heterocycles. The fraction of sp³-hybridized carbons (Fsp3) is 0.538. The number of nitrogens with one attached hydrogen (secondary N) is 1. The first kappa shape index (κ1) is 16.4. The summed E-state index contributed by atoms with van der Waals surface area (Å²) >= 11 is 0. The number of hydrogen-bond donors (Lipinski definition) is 1. The van der Waals surface area contributed by atoms with Gasteiger partial charge in [0.05, 0.1) is 19.8 Å². The van der Waals surface area contributed by atoms with E-state index in [9.17, 15) is 13.2 Å². The quantitative estimate of drug-likeness (QED) is 0.745. The monoisotopic (exact) mass is 293 g/mol. The van der Waals surface area contributed by atoms with Crippen LogP contribution in [0.2, 0.25) is 0 Å². The molecular formula is C13H18F3NO3. The maximum atomic E-state index is 11.8. The van der Waals surface area contributed by atoms with Crippen LogP contribution in [0, 0.1) is 0 Å². The van der Waals surface area contributed by atoms with Crippen LogP contribution in [0.4, 0.5) is 18.9 Å². The number of hydrogen-bond acceptors (Lipinski definition) is 4. The lowest BCUT2D eigenvalue weighted by atomic mass is 10.2. The number of anilines is 1. The largest absolute Gasteiger partial charge is 0.522 e. The molecule has 0 unspecified atom stereocenters. The molecule has 0 fully saturated rings. The Bertz CT molecular complexity index is 410. The second-order valence-electron chi connectivity index (χ2n) is 3.75. The summed E-state index contributed by atoms with van der Waals surface area (Å²) in [7, 11) is 0. The van der Waals surface area contributed by atoms with Gasteiger partial charge in [-0.3, -0.25) is 4.74 Å². The van der Waals surface area contributed by atoms with Crippen molar-refractivity contribution in [2.45, 2.75) is 20.2 Å². The molecule has 1 rings (SSSR count). The molecule has 7 heteroatoms. The number of benzene rings is 1. The maximum absolute atomic E-state index is 11.8. The highest BCUT2D eigenvalue weighted by molar-refractivity contribution is 5.54. The van der Waals surface area contributed by atoms with E-state index in [0.717, 1.165) is 0 Å². The van der Waals surface area contributed by atoms with Crippen LogP contribution < -0.4 is 14.8 Å². The molecule has 4 nitrogen and oxygen atoms in total. The van der Waals surface area contributed by atoms with Crippen molar-refractivity contribution in [2.24, 2.45) is 0 Å². The van der Waals surface area contributed by atoms with Crippen LogP contribution in [0.15, 0.2) is 18.2 Å². The third-order valence-corrected chi connectivity index (χ3v) is 2.24. The number of rotatable bonds is 8. The summed E-state index contributed by atoms with van der Waals surface area (Å²) in [6.45, 7) is 4.26. The molecule has 0 bridgehead atoms. The number of alkyl halides is 3. The van der Waals surface area contributed by atoms with Crippen LogP contribution in [0.5, 0.6) is 11.5 Å². The van der Waals surface area contributed by atoms with E-state index in [4.69, 9.17) is 9.47 Å². The minimum Gasteiger partial charge on any atom is -0.490 e. The molecule has 0 amide bonds. The predicted molar refractivity (Wildman–Crippen MR) is 69.3 cm³/mol. The first-order valence-electron chi connectivity index (χ1n) is 6.30. The molecular weight excluding hydrogens is 275 g/mol. The van der Waals surface area contributed by atoms with Crippen LogP contribution in [-0.2, 0) is 4.74 Å². The molecule has 20 heavy (non-hydrogen) atoms. The topological polar surface area (TPSA) is 39.7 Å². The second-order valence-corrected chi connectivity index (χ2v) is 3.75. The van der Waals surface area contributed by atoms with Gasteiger partial charge in [-0.2, -0.15) is 0 Å². The third kappa shape index (κ3) is 6.01. The Morgan fingerprint density at radius 2 is 1.70 bits per heavy atom. The van der Waals surface area contributed by atoms with Crippen LogP contribution in [0.1, 0.15) is 13.8 Å². The highest BCUT2D eigenvalue weighted by atomic mass is 19.4. The number of ether oxygens (including phenoxy) is 3. The zero-order valence-electron chi connectivity index (χ0n) is 11.4. The van der Waals surface area contributed by atoms with Gasteiger partial charge in [-0.1, -0.05) is 0 Å². The van der Waals surface area contributed by atoms with Crippen LogP contribution in [-0.4, -0.2) is 32.7 Å². The lowest BCUT2D eigenvalue weighted by Gasteiger charge is -2.14. The molecule has 0 aliphatic heterocycles. The fourth-order valence-electron chi connectivity index (χ4n) is 1.52. The van der Waals surface area contributed by atoms with Gasteiger partial charge < -0.3 is 14.8 Å². The van der Waals surface area contributed by atoms with E-state index in [1.807, 2.05) is 13.8 Å². The Labute approximate surface area is 115 Å². The zero-order valence-corrected chi connectivity index (χ0v) is 11.4. The minimum absolute atomic E-state index is 0.0407. The van der Waals surface area contributed by atoms with E-state index in [1.165, 1.54) is 0 Å². The Hall–Kier alpha value is -1.63. The Kier molecular flexibility index (Phi) is 6.44. The zero-order chi connectivity index (χ0) is 15.0. The number of halogens is 3. The van der Waals surface area contributed by atoms with Gasteiger partial charge in [0.1, 0.15) is 0 Å². The summed E-state index contributed by atoms with van der Waals surface area (Å²) < 4.78 is 49.9. The average molecular weight is 293 g/mol. The molecule has 0 saturated heterocycles. The summed E-state index contributed by atoms with van der Waals surface area (Å²) in [5, 5.41) is 2.82. The maximum Gasteiger partial charge on any atom is 0.522 e. The van der Waals surface area contributed by atoms with Crippen molar-refractivity contribution >= 4 is 5.69 Å². The van der Waals surface area contributed by atoms with Gasteiger partial charge in [0, 0.05) is 18.3 Å². The highest BCUT2D eigenvalue weighted by Gasteiger charge is 2.28. The summed E-state index contributed by atoms with van der Waals surface area (Å²) in [4.78, 5) is 0. The molecule has 1 N–H and O–H groups in total. The van der Waals surface area contributed by atoms with E-state index >= 15 is 0 Å². The van der Waals surface area contributed by atoms with Gasteiger partial charge in [-0.05, 0) is 26.0 Å². The van der Waals surface area contributed by atoms with Crippen molar-refractivity contribution in [1.29, 1.82) is 0 Å². The van der Waals surface area contributed by atoms with Crippen molar-refractivity contribution in [1.82, 2.24) is 0 Å². The first-order chi connectivity index (χ1) is 9.46. The Morgan fingerprint density at radius 3 is 2.30 bits per heavy atom. The van der Waals surface area contributed by atoms with Gasteiger partial charge in [0.15, 0.2) is 11.5 Å². The highest BCUT2D eigenvalue weighted by Crippen LogP contribution is 2.30. The predicted octanol–water partition coefficient (Wildman–Crippen LogP) is 3.43. The standard InChI is InChI=1S/C13H18F3NO3/c1-3-18-11-6-5-10(9-12(11)19-4-2)17-7-8-20-13(14,15)16/h5-6,9,17H,3-4,7-8H2,1-2H3. The van der Waals surface area contributed by atoms with Crippen molar-refractivity contribution in [2.75, 3.05) is 31.7 Å². The van der Waals surface area contributed by atoms with Crippen molar-refractivity contribution < 1.29 is 27.4 Å². The van der Waals surface area contributed by atoms with Crippen LogP contribution >= 0.6 is 0 Å². The van der Waals surface area contributed by atoms with E-state index in [1.54, 1.807) is 18.2 Å². The third-order valence-electron chi connectivity index (χ3n) is 2.24. The van der Waals surface area contributed by atoms with Crippen molar-refractivity contribution in [3.8, 4) is 11.5 Å². The molecule has 0 spiro atoms. The molecule has 0 radical (unpaired) electrons. The summed E-state index contributed by atoms with van der Waals surface area (Å²) in [6.07, 6.45) is -4.60. The van der Waals surface area contributed by atoms with Crippen molar-refractivity contribution in [3.05, 3.63) is 18.2 Å². The van der Waals surface area contributed by atoms with Gasteiger partial charge in [0.25, 0.3) is 0 Å². The van der Waals surface area contributed by atoms with E-state index in [-0.39, 0.29) is 6.54 Å². The SMILES string of the molecule is CCOc1ccc(NCCOC(F)(F)F)cc1OCC. The molecule has 0 heterocycles. The molecule has 1 aromatic rings. The lowest BCUT2D eigenvalue weighted by Crippen LogP contribution is -2.19. The van der Waals surface area contributed by atoms with Crippen LogP contribution in [0.3, 0.4) is 0 Å². The van der Waals surface area contributed by atoms with Crippen LogP contribution in [0.25, 0.3) is 0 Å². The van der Waals surface area contributed by atoms with E-state index in [2.05, 4.69) is 10.1 Å². The van der Waals surface area contributed by atoms with Gasteiger partial charge in [0.2, 0.25) is 0 Å². The molecule has 0 aliphatic rings. The second kappa shape index (κ2) is 7.84. The molecule has 114 valence electrons. The smallest absolute Gasteiger partial charge is 0.490 e. The van der Waals surface area contributed by atoms with Crippen molar-refractivity contribution in [3.63, 3.8) is 0 Å². The lowest BCUT2D eigenvalue weighted by molar-refractivity contribution is -0.322. The molecule has 0 aliphatic carbocycles. The van der Waals surface area contributed by atoms with E-state index < -0.39 is 13.0 Å². The summed E-state index contributed by atoms with van der Waals surface area (Å²) in [5.74, 6) is 1.16. The normalized spacial score (nSPS) is 11.2. The summed E-state index contributed by atoms with van der Waals surface area (Å²) in [5.41, 5.74) is 0.641. The fourth-order valence-corrected chi connectivity index (χ4v) is 1.52. The molecule has 1 aromatic carbocycles. The minimum atomic E-state index is -4.60. The van der Waals surface area contributed by atoms with E-state index in [0.29, 0.717) is 30.4 Å². The molecule has 0 atom stereocenters. The Balaban J connectivity index is 2.56. The van der Waals surface area contributed by atoms with Gasteiger partial charge in [-0.25, -0.2) is 0 Å². The Morgan fingerprint density at radius 1 is 1.05 bits per heavy atom. The van der Waals surface area contributed by atoms with Gasteiger partial charge >= 0.3 is 6.36 Å². The molecule has 0 saturated carbocycles.